The van der Waals surface area contributed by atoms with Crippen LogP contribution in [0.2, 0.25) is 0 Å². The minimum absolute atomic E-state index is 0.0854. The third-order valence-corrected chi connectivity index (χ3v) is 5.77. The Morgan fingerprint density at radius 2 is 2.05 bits per heavy atom. The molecular formula is C15H22N2O2S2. The summed E-state index contributed by atoms with van der Waals surface area (Å²) in [6.07, 6.45) is 2.89. The standard InChI is InChI=1S/C15H22N2O2S2/c1-4-17-14(19)12-10(2)11(3)21-13(12)16-15(17)20-9-7-5-6-8-18/h18H,4-9H2,1-3H3. The van der Waals surface area contributed by atoms with Crippen LogP contribution in [-0.2, 0) is 6.54 Å². The number of aliphatic hydroxyl groups excluding tert-OH is 1. The van der Waals surface area contributed by atoms with E-state index >= 15 is 0 Å². The van der Waals surface area contributed by atoms with E-state index in [4.69, 9.17) is 10.1 Å². The largest absolute Gasteiger partial charge is 0.396 e. The van der Waals surface area contributed by atoms with E-state index in [9.17, 15) is 4.79 Å². The molecule has 2 aromatic heterocycles. The second kappa shape index (κ2) is 7.42. The van der Waals surface area contributed by atoms with Crippen LogP contribution in [0.4, 0.5) is 0 Å². The lowest BCUT2D eigenvalue weighted by Crippen LogP contribution is -2.22. The van der Waals surface area contributed by atoms with Gasteiger partial charge in [0.05, 0.1) is 5.39 Å². The normalized spacial score (nSPS) is 11.4. The summed E-state index contributed by atoms with van der Waals surface area (Å²) in [4.78, 5) is 19.4. The molecule has 1 N–H and O–H groups in total. The van der Waals surface area contributed by atoms with Gasteiger partial charge in [-0.15, -0.1) is 11.3 Å². The molecule has 2 aromatic rings. The zero-order chi connectivity index (χ0) is 15.4. The lowest BCUT2D eigenvalue weighted by atomic mass is 10.2. The molecule has 0 aromatic carbocycles. The zero-order valence-electron chi connectivity index (χ0n) is 12.8. The number of fused-ring (bicyclic) bond motifs is 1. The number of hydrogen-bond donors (Lipinski definition) is 1. The summed E-state index contributed by atoms with van der Waals surface area (Å²) in [5.74, 6) is 0.932. The van der Waals surface area contributed by atoms with Gasteiger partial charge < -0.3 is 5.11 Å². The number of aliphatic hydroxyl groups is 1. The fourth-order valence-electron chi connectivity index (χ4n) is 2.25. The first-order valence-corrected chi connectivity index (χ1v) is 9.14. The highest BCUT2D eigenvalue weighted by Gasteiger charge is 2.15. The van der Waals surface area contributed by atoms with Gasteiger partial charge in [0, 0.05) is 23.8 Å². The monoisotopic (exact) mass is 326 g/mol. The van der Waals surface area contributed by atoms with Crippen LogP contribution >= 0.6 is 23.1 Å². The van der Waals surface area contributed by atoms with Crippen molar-refractivity contribution >= 4 is 33.3 Å². The van der Waals surface area contributed by atoms with Crippen molar-refractivity contribution in [2.24, 2.45) is 0 Å². The fraction of sp³-hybridized carbons (Fsp3) is 0.600. The molecule has 0 unspecified atom stereocenters. The maximum atomic E-state index is 12.6. The zero-order valence-corrected chi connectivity index (χ0v) is 14.4. The SMILES string of the molecule is CCn1c(SCCCCCO)nc2sc(C)c(C)c2c1=O. The Kier molecular flexibility index (Phi) is 5.84. The molecule has 0 fully saturated rings. The predicted molar refractivity (Wildman–Crippen MR) is 90.7 cm³/mol. The Labute approximate surface area is 133 Å². The predicted octanol–water partition coefficient (Wildman–Crippen LogP) is 3.35. The van der Waals surface area contributed by atoms with Crippen LogP contribution in [-0.4, -0.2) is 27.0 Å². The van der Waals surface area contributed by atoms with Crippen molar-refractivity contribution in [1.29, 1.82) is 0 Å². The summed E-state index contributed by atoms with van der Waals surface area (Å²) in [6, 6.07) is 0. The minimum atomic E-state index is 0.0854. The Morgan fingerprint density at radius 3 is 2.71 bits per heavy atom. The van der Waals surface area contributed by atoms with Crippen molar-refractivity contribution in [3.05, 3.63) is 20.8 Å². The van der Waals surface area contributed by atoms with Crippen LogP contribution in [0.15, 0.2) is 9.95 Å². The number of thiophene rings is 1. The lowest BCUT2D eigenvalue weighted by Gasteiger charge is -2.09. The van der Waals surface area contributed by atoms with Gasteiger partial charge in [-0.1, -0.05) is 18.2 Å². The van der Waals surface area contributed by atoms with E-state index in [2.05, 4.69) is 0 Å². The molecule has 0 aliphatic rings. The topological polar surface area (TPSA) is 55.1 Å². The van der Waals surface area contributed by atoms with Crippen LogP contribution < -0.4 is 5.56 Å². The van der Waals surface area contributed by atoms with Gasteiger partial charge in [-0.3, -0.25) is 9.36 Å². The fourth-order valence-corrected chi connectivity index (χ4v) is 4.38. The van der Waals surface area contributed by atoms with Crippen molar-refractivity contribution in [2.75, 3.05) is 12.4 Å². The summed E-state index contributed by atoms with van der Waals surface area (Å²) in [5, 5.41) is 10.4. The third-order valence-electron chi connectivity index (χ3n) is 3.60. The van der Waals surface area contributed by atoms with Gasteiger partial charge in [-0.2, -0.15) is 0 Å². The van der Waals surface area contributed by atoms with Crippen LogP contribution in [0.5, 0.6) is 0 Å². The molecule has 21 heavy (non-hydrogen) atoms. The second-order valence-electron chi connectivity index (χ2n) is 5.04. The Bertz CT molecular complexity index is 676. The van der Waals surface area contributed by atoms with Gasteiger partial charge in [-0.05, 0) is 39.2 Å². The summed E-state index contributed by atoms with van der Waals surface area (Å²) >= 11 is 3.25. The van der Waals surface area contributed by atoms with E-state index in [1.807, 2.05) is 20.8 Å². The highest BCUT2D eigenvalue weighted by Crippen LogP contribution is 2.28. The van der Waals surface area contributed by atoms with Crippen LogP contribution in [0.25, 0.3) is 10.2 Å². The Morgan fingerprint density at radius 1 is 1.29 bits per heavy atom. The molecule has 0 spiro atoms. The van der Waals surface area contributed by atoms with E-state index in [0.29, 0.717) is 6.54 Å². The van der Waals surface area contributed by atoms with Gasteiger partial charge in [0.25, 0.3) is 5.56 Å². The van der Waals surface area contributed by atoms with Gasteiger partial charge in [0.15, 0.2) is 5.16 Å². The summed E-state index contributed by atoms with van der Waals surface area (Å²) in [7, 11) is 0. The molecule has 0 aliphatic carbocycles. The molecule has 2 heterocycles. The molecule has 4 nitrogen and oxygen atoms in total. The molecule has 0 amide bonds. The van der Waals surface area contributed by atoms with E-state index < -0.39 is 0 Å². The number of nitrogens with zero attached hydrogens (tertiary/aromatic N) is 2. The third kappa shape index (κ3) is 3.49. The van der Waals surface area contributed by atoms with Crippen molar-refractivity contribution < 1.29 is 5.11 Å². The Hall–Kier alpha value is -0.850. The first-order chi connectivity index (χ1) is 10.1. The molecule has 0 saturated heterocycles. The van der Waals surface area contributed by atoms with E-state index in [-0.39, 0.29) is 12.2 Å². The van der Waals surface area contributed by atoms with E-state index in [1.165, 1.54) is 4.88 Å². The molecule has 0 saturated carbocycles. The van der Waals surface area contributed by atoms with Gasteiger partial charge in [0.2, 0.25) is 0 Å². The van der Waals surface area contributed by atoms with Gasteiger partial charge in [0.1, 0.15) is 4.83 Å². The number of rotatable bonds is 7. The highest BCUT2D eigenvalue weighted by molar-refractivity contribution is 7.99. The molecule has 0 aliphatic heterocycles. The van der Waals surface area contributed by atoms with Crippen molar-refractivity contribution in [2.45, 2.75) is 51.7 Å². The number of hydrogen-bond acceptors (Lipinski definition) is 5. The Balaban J connectivity index is 2.29. The summed E-state index contributed by atoms with van der Waals surface area (Å²) in [5.41, 5.74) is 1.15. The van der Waals surface area contributed by atoms with Crippen LogP contribution in [0.3, 0.4) is 0 Å². The molecule has 116 valence electrons. The van der Waals surface area contributed by atoms with Crippen LogP contribution in [0, 0.1) is 13.8 Å². The molecule has 2 rings (SSSR count). The maximum absolute atomic E-state index is 12.6. The second-order valence-corrected chi connectivity index (χ2v) is 7.31. The average molecular weight is 326 g/mol. The van der Waals surface area contributed by atoms with E-state index in [1.54, 1.807) is 27.7 Å². The quantitative estimate of drug-likeness (QED) is 0.481. The van der Waals surface area contributed by atoms with Gasteiger partial charge in [-0.25, -0.2) is 4.98 Å². The summed E-state index contributed by atoms with van der Waals surface area (Å²) < 4.78 is 1.78. The molecule has 6 heteroatoms. The first kappa shape index (κ1) is 16.5. The number of aromatic nitrogens is 2. The average Bonchev–Trinajstić information content (AvgIpc) is 2.74. The first-order valence-electron chi connectivity index (χ1n) is 7.34. The molecule has 0 radical (unpaired) electrons. The number of aryl methyl sites for hydroxylation is 2. The van der Waals surface area contributed by atoms with Crippen molar-refractivity contribution in [1.82, 2.24) is 9.55 Å². The number of unbranched alkanes of at least 4 members (excludes halogenated alkanes) is 2. The van der Waals surface area contributed by atoms with Crippen LogP contribution in [0.1, 0.15) is 36.6 Å². The number of thioether (sulfide) groups is 1. The minimum Gasteiger partial charge on any atom is -0.396 e. The molecule has 0 atom stereocenters. The van der Waals surface area contributed by atoms with Crippen molar-refractivity contribution in [3.63, 3.8) is 0 Å². The summed E-state index contributed by atoms with van der Waals surface area (Å²) in [6.45, 7) is 6.93. The smallest absolute Gasteiger partial charge is 0.263 e. The van der Waals surface area contributed by atoms with Gasteiger partial charge >= 0.3 is 0 Å². The van der Waals surface area contributed by atoms with Crippen molar-refractivity contribution in [3.8, 4) is 0 Å². The van der Waals surface area contributed by atoms with E-state index in [0.717, 1.165) is 46.0 Å². The molecular weight excluding hydrogens is 304 g/mol. The molecule has 0 bridgehead atoms. The maximum Gasteiger partial charge on any atom is 0.263 e. The lowest BCUT2D eigenvalue weighted by molar-refractivity contribution is 0.284. The highest BCUT2D eigenvalue weighted by atomic mass is 32.2.